The topological polar surface area (TPSA) is 57.7 Å². The molecule has 5 nitrogen and oxygen atoms in total. The first-order valence-corrected chi connectivity index (χ1v) is 12.6. The number of nitrogens with zero attached hydrogens (tertiary/aromatic N) is 2. The van der Waals surface area contributed by atoms with Crippen LogP contribution >= 0.6 is 11.6 Å². The molecule has 2 aliphatic rings. The minimum absolute atomic E-state index is 0.0763. The summed E-state index contributed by atoms with van der Waals surface area (Å²) in [5.74, 6) is -0.601. The molecule has 0 aromatic heterocycles. The van der Waals surface area contributed by atoms with Crippen molar-refractivity contribution in [2.75, 3.05) is 10.8 Å². The van der Waals surface area contributed by atoms with Gasteiger partial charge in [-0.25, -0.2) is 12.8 Å². The zero-order valence-corrected chi connectivity index (χ0v) is 19.3. The predicted molar refractivity (Wildman–Crippen MR) is 125 cm³/mol. The fraction of sp³-hybridized carbons (Fsp3) is 0.240. The van der Waals surface area contributed by atoms with Gasteiger partial charge in [-0.3, -0.25) is 9.10 Å². The second-order valence-electron chi connectivity index (χ2n) is 8.39. The van der Waals surface area contributed by atoms with E-state index in [1.165, 1.54) is 28.6 Å². The third-order valence-corrected chi connectivity index (χ3v) is 8.40. The fourth-order valence-electron chi connectivity index (χ4n) is 4.22. The molecule has 3 aromatic carbocycles. The van der Waals surface area contributed by atoms with Crippen LogP contribution in [0.25, 0.3) is 0 Å². The maximum atomic E-state index is 13.5. The minimum Gasteiger partial charge on any atom is -0.331 e. The Hall–Kier alpha value is -2.90. The fourth-order valence-corrected chi connectivity index (χ4v) is 6.22. The van der Waals surface area contributed by atoms with Crippen molar-refractivity contribution in [3.05, 3.63) is 94.3 Å². The Morgan fingerprint density at radius 1 is 1.06 bits per heavy atom. The molecule has 1 saturated carbocycles. The molecule has 1 fully saturated rings. The van der Waals surface area contributed by atoms with Gasteiger partial charge in [-0.15, -0.1) is 0 Å². The van der Waals surface area contributed by atoms with E-state index in [0.717, 1.165) is 24.0 Å². The highest BCUT2D eigenvalue weighted by Crippen LogP contribution is 2.36. The number of rotatable bonds is 6. The molecule has 170 valence electrons. The summed E-state index contributed by atoms with van der Waals surface area (Å²) in [5, 5.41) is 0.0763. The van der Waals surface area contributed by atoms with Gasteiger partial charge >= 0.3 is 0 Å². The first kappa shape index (κ1) is 21.9. The van der Waals surface area contributed by atoms with E-state index < -0.39 is 10.0 Å². The Balaban J connectivity index is 1.46. The van der Waals surface area contributed by atoms with Gasteiger partial charge in [0.25, 0.3) is 15.9 Å². The van der Waals surface area contributed by atoms with Crippen molar-refractivity contribution < 1.29 is 17.6 Å². The van der Waals surface area contributed by atoms with E-state index in [9.17, 15) is 17.6 Å². The molecule has 0 unspecified atom stereocenters. The number of amides is 1. The van der Waals surface area contributed by atoms with Gasteiger partial charge in [0, 0.05) is 24.7 Å². The van der Waals surface area contributed by atoms with Crippen molar-refractivity contribution >= 4 is 33.2 Å². The van der Waals surface area contributed by atoms with Crippen molar-refractivity contribution in [1.29, 1.82) is 0 Å². The number of carbonyl (C=O) groups excluding carboxylic acids is 1. The number of hydrogen-bond donors (Lipinski definition) is 0. The summed E-state index contributed by atoms with van der Waals surface area (Å²) in [6, 6.07) is 17.9. The van der Waals surface area contributed by atoms with Crippen LogP contribution in [-0.4, -0.2) is 31.8 Å². The van der Waals surface area contributed by atoms with Gasteiger partial charge in [-0.1, -0.05) is 41.9 Å². The largest absolute Gasteiger partial charge is 0.331 e. The second-order valence-corrected chi connectivity index (χ2v) is 10.6. The minimum atomic E-state index is -3.94. The smallest absolute Gasteiger partial charge is 0.265 e. The second kappa shape index (κ2) is 8.47. The lowest BCUT2D eigenvalue weighted by molar-refractivity contribution is 0.0729. The molecule has 1 aliphatic heterocycles. The average Bonchev–Trinajstić information content (AvgIpc) is 3.55. The lowest BCUT2D eigenvalue weighted by Gasteiger charge is -2.24. The molecule has 0 saturated heterocycles. The zero-order chi connectivity index (χ0) is 23.2. The molecule has 5 rings (SSSR count). The summed E-state index contributed by atoms with van der Waals surface area (Å²) in [6.07, 6.45) is 2.39. The summed E-state index contributed by atoms with van der Waals surface area (Å²) in [7, 11) is -3.94. The molecule has 3 aromatic rings. The lowest BCUT2D eigenvalue weighted by Crippen LogP contribution is -2.33. The number of carbonyl (C=O) groups is 1. The number of fused-ring (bicyclic) bond motifs is 1. The molecule has 1 heterocycles. The summed E-state index contributed by atoms with van der Waals surface area (Å²) >= 11 is 6.32. The highest BCUT2D eigenvalue weighted by Gasteiger charge is 2.35. The van der Waals surface area contributed by atoms with Gasteiger partial charge < -0.3 is 4.90 Å². The van der Waals surface area contributed by atoms with E-state index in [0.29, 0.717) is 25.2 Å². The molecule has 1 aliphatic carbocycles. The van der Waals surface area contributed by atoms with Gasteiger partial charge in [0.15, 0.2) is 0 Å². The third kappa shape index (κ3) is 4.23. The van der Waals surface area contributed by atoms with Crippen molar-refractivity contribution in [1.82, 2.24) is 4.90 Å². The predicted octanol–water partition coefficient (Wildman–Crippen LogP) is 5.04. The molecule has 0 bridgehead atoms. The first-order valence-electron chi connectivity index (χ1n) is 10.8. The summed E-state index contributed by atoms with van der Waals surface area (Å²) in [4.78, 5) is 15.0. The molecule has 8 heteroatoms. The molecule has 1 amide bonds. The van der Waals surface area contributed by atoms with Gasteiger partial charge in [0.2, 0.25) is 0 Å². The number of halogens is 2. The summed E-state index contributed by atoms with van der Waals surface area (Å²) in [6.45, 7) is 0.656. The lowest BCUT2D eigenvalue weighted by atomic mass is 10.1. The van der Waals surface area contributed by atoms with Crippen LogP contribution in [0.2, 0.25) is 5.02 Å². The van der Waals surface area contributed by atoms with Gasteiger partial charge in [0.05, 0.1) is 10.7 Å². The Bertz CT molecular complexity index is 1320. The van der Waals surface area contributed by atoms with Crippen LogP contribution in [0.3, 0.4) is 0 Å². The van der Waals surface area contributed by atoms with Crippen LogP contribution in [0.1, 0.15) is 34.3 Å². The zero-order valence-electron chi connectivity index (χ0n) is 17.7. The van der Waals surface area contributed by atoms with E-state index in [1.807, 2.05) is 12.1 Å². The Labute approximate surface area is 197 Å². The summed E-state index contributed by atoms with van der Waals surface area (Å²) in [5.41, 5.74) is 2.68. The quantitative estimate of drug-likeness (QED) is 0.492. The van der Waals surface area contributed by atoms with Crippen LogP contribution in [0.4, 0.5) is 10.1 Å². The van der Waals surface area contributed by atoms with Crippen LogP contribution in [0, 0.1) is 5.82 Å². The summed E-state index contributed by atoms with van der Waals surface area (Å²) < 4.78 is 41.7. The molecule has 0 radical (unpaired) electrons. The number of para-hydroxylation sites is 1. The van der Waals surface area contributed by atoms with Crippen LogP contribution in [0.15, 0.2) is 71.6 Å². The normalized spacial score (nSPS) is 15.4. The van der Waals surface area contributed by atoms with Crippen LogP contribution in [-0.2, 0) is 23.0 Å². The Morgan fingerprint density at radius 3 is 2.52 bits per heavy atom. The Kier molecular flexibility index (Phi) is 5.62. The molecule has 0 spiro atoms. The van der Waals surface area contributed by atoms with Crippen LogP contribution in [0.5, 0.6) is 0 Å². The highest BCUT2D eigenvalue weighted by atomic mass is 35.5. The van der Waals surface area contributed by atoms with E-state index in [1.54, 1.807) is 35.2 Å². The molecular weight excluding hydrogens is 463 g/mol. The molecule has 0 N–H and O–H groups in total. The van der Waals surface area contributed by atoms with Crippen molar-refractivity contribution in [3.63, 3.8) is 0 Å². The number of anilines is 1. The number of benzene rings is 3. The number of sulfonamides is 1. The van der Waals surface area contributed by atoms with Gasteiger partial charge in [-0.05, 0) is 66.8 Å². The van der Waals surface area contributed by atoms with Crippen molar-refractivity contribution in [2.45, 2.75) is 36.7 Å². The van der Waals surface area contributed by atoms with E-state index in [2.05, 4.69) is 0 Å². The van der Waals surface area contributed by atoms with Crippen LogP contribution < -0.4 is 4.31 Å². The van der Waals surface area contributed by atoms with Crippen molar-refractivity contribution in [2.24, 2.45) is 0 Å². The molecule has 33 heavy (non-hydrogen) atoms. The first-order chi connectivity index (χ1) is 15.8. The van der Waals surface area contributed by atoms with Gasteiger partial charge in [0.1, 0.15) is 10.7 Å². The third-order valence-electron chi connectivity index (χ3n) is 6.11. The monoisotopic (exact) mass is 484 g/mol. The standard InChI is InChI=1S/C25H22ClFN2O3S/c26-22-12-7-19(25(30)28(21-10-11-21)16-17-5-8-20(27)9-6-17)15-24(22)33(31,32)29-14-13-18-3-1-2-4-23(18)29/h1-9,12,15,21H,10-11,13-14,16H2. The van der Waals surface area contributed by atoms with Gasteiger partial charge in [-0.2, -0.15) is 0 Å². The van der Waals surface area contributed by atoms with Crippen molar-refractivity contribution in [3.8, 4) is 0 Å². The van der Waals surface area contributed by atoms with E-state index in [4.69, 9.17) is 11.6 Å². The van der Waals surface area contributed by atoms with E-state index in [-0.39, 0.29) is 33.2 Å². The maximum Gasteiger partial charge on any atom is 0.265 e. The average molecular weight is 485 g/mol. The van der Waals surface area contributed by atoms with E-state index >= 15 is 0 Å². The molecular formula is C25H22ClFN2O3S. The Morgan fingerprint density at radius 2 is 1.79 bits per heavy atom. The SMILES string of the molecule is O=C(c1ccc(Cl)c(S(=O)(=O)N2CCc3ccccc32)c1)N(Cc1ccc(F)cc1)C1CC1. The molecule has 0 atom stereocenters. The number of hydrogen-bond acceptors (Lipinski definition) is 3. The highest BCUT2D eigenvalue weighted by molar-refractivity contribution is 7.93. The maximum absolute atomic E-state index is 13.5.